The minimum atomic E-state index is -3.84. The largest absolute Gasteiger partial charge is 0.488 e. The molecule has 0 radical (unpaired) electrons. The van der Waals surface area contributed by atoms with Crippen molar-refractivity contribution in [3.63, 3.8) is 0 Å². The Balaban J connectivity index is 1.64. The highest BCUT2D eigenvalue weighted by atomic mass is 35.5. The van der Waals surface area contributed by atoms with Gasteiger partial charge < -0.3 is 30.7 Å². The predicted molar refractivity (Wildman–Crippen MR) is 159 cm³/mol. The van der Waals surface area contributed by atoms with E-state index in [4.69, 9.17) is 26.5 Å². The summed E-state index contributed by atoms with van der Waals surface area (Å²) >= 11 is 6.37. The van der Waals surface area contributed by atoms with Gasteiger partial charge >= 0.3 is 0 Å². The summed E-state index contributed by atoms with van der Waals surface area (Å²) in [6, 6.07) is 4.13. The third-order valence-corrected chi connectivity index (χ3v) is 9.30. The smallest absolute Gasteiger partial charge is 0.229 e. The molecule has 218 valence electrons. The number of ether oxygens (including phenoxy) is 2. The van der Waals surface area contributed by atoms with Gasteiger partial charge in [-0.3, -0.25) is 5.41 Å². The van der Waals surface area contributed by atoms with E-state index in [2.05, 4.69) is 44.2 Å². The van der Waals surface area contributed by atoms with Crippen molar-refractivity contribution in [2.24, 2.45) is 0 Å². The molecular weight excluding hydrogens is 554 g/mol. The number of halogens is 1. The highest BCUT2D eigenvalue weighted by Crippen LogP contribution is 2.40. The number of hydrogen-bond acceptors (Lipinski definition) is 11. The van der Waals surface area contributed by atoms with Crippen LogP contribution in [-0.4, -0.2) is 68.1 Å². The first-order valence-electron chi connectivity index (χ1n) is 13.4. The lowest BCUT2D eigenvalue weighted by atomic mass is 9.85. The maximum Gasteiger partial charge on any atom is 0.229 e. The molecule has 0 bridgehead atoms. The third-order valence-electron chi connectivity index (χ3n) is 7.00. The van der Waals surface area contributed by atoms with Gasteiger partial charge in [-0.1, -0.05) is 11.6 Å². The minimum absolute atomic E-state index is 0.00960. The summed E-state index contributed by atoms with van der Waals surface area (Å²) in [6.07, 6.45) is 6.03. The Hall–Kier alpha value is -2.93. The minimum Gasteiger partial charge on any atom is -0.488 e. The lowest BCUT2D eigenvalue weighted by molar-refractivity contribution is 0.0622. The number of anilines is 3. The summed E-state index contributed by atoms with van der Waals surface area (Å²) in [4.78, 5) is 8.82. The molecule has 2 aromatic rings. The number of benzene rings is 1. The van der Waals surface area contributed by atoms with Crippen LogP contribution < -0.4 is 26.0 Å². The van der Waals surface area contributed by atoms with Gasteiger partial charge in [0.15, 0.2) is 20.7 Å². The Morgan fingerprint density at radius 1 is 1.27 bits per heavy atom. The summed E-state index contributed by atoms with van der Waals surface area (Å²) < 4.78 is 37.3. The number of nitrogens with one attached hydrogen (secondary N) is 5. The molecule has 1 saturated carbocycles. The number of nitrogens with zero attached hydrogens (tertiary/aromatic N) is 2. The number of sulfone groups is 1. The van der Waals surface area contributed by atoms with Crippen molar-refractivity contribution in [1.82, 2.24) is 20.6 Å². The van der Waals surface area contributed by atoms with Crippen molar-refractivity contribution in [3.8, 4) is 5.75 Å². The van der Waals surface area contributed by atoms with Crippen LogP contribution in [0.1, 0.15) is 50.2 Å². The molecule has 1 aliphatic carbocycles. The van der Waals surface area contributed by atoms with Crippen LogP contribution in [0.15, 0.2) is 30.2 Å². The SMILES string of the molecule is CN/C=C(/Nc1nc(Nc2cc(C)c(C3CCNCC3OC)cc2OC2CC2)ncc1Cl)C(=N)S(=O)(=O)C(C)C. The van der Waals surface area contributed by atoms with Crippen molar-refractivity contribution in [3.05, 3.63) is 46.4 Å². The zero-order valence-corrected chi connectivity index (χ0v) is 25.0. The molecule has 11 nitrogen and oxygen atoms in total. The average molecular weight is 592 g/mol. The highest BCUT2D eigenvalue weighted by molar-refractivity contribution is 8.07. The van der Waals surface area contributed by atoms with Gasteiger partial charge in [0.1, 0.15) is 10.8 Å². The van der Waals surface area contributed by atoms with Gasteiger partial charge in [-0.15, -0.1) is 0 Å². The maximum atomic E-state index is 12.6. The molecule has 1 aromatic heterocycles. The number of rotatable bonds is 11. The lowest BCUT2D eigenvalue weighted by Gasteiger charge is -2.33. The zero-order chi connectivity index (χ0) is 29.0. The molecule has 13 heteroatoms. The first-order chi connectivity index (χ1) is 19.0. The number of piperidine rings is 1. The molecule has 4 rings (SSSR count). The van der Waals surface area contributed by atoms with E-state index in [1.54, 1.807) is 14.2 Å². The second kappa shape index (κ2) is 12.7. The number of aromatic nitrogens is 2. The van der Waals surface area contributed by atoms with Crippen LogP contribution in [0.4, 0.5) is 17.5 Å². The molecule has 2 heterocycles. The molecule has 40 heavy (non-hydrogen) atoms. The second-order valence-corrected chi connectivity index (χ2v) is 13.2. The van der Waals surface area contributed by atoms with E-state index < -0.39 is 20.1 Å². The fourth-order valence-electron chi connectivity index (χ4n) is 4.55. The second-order valence-electron chi connectivity index (χ2n) is 10.3. The van der Waals surface area contributed by atoms with Gasteiger partial charge in [-0.25, -0.2) is 13.4 Å². The summed E-state index contributed by atoms with van der Waals surface area (Å²) in [5.74, 6) is 1.35. The van der Waals surface area contributed by atoms with Gasteiger partial charge in [0.2, 0.25) is 5.95 Å². The fraction of sp³-hybridized carbons (Fsp3) is 0.519. The molecule has 1 aliphatic heterocycles. The number of methoxy groups -OCH3 is 1. The van der Waals surface area contributed by atoms with Gasteiger partial charge in [-0.05, 0) is 69.8 Å². The Labute approximate surface area is 240 Å². The molecule has 0 amide bonds. The van der Waals surface area contributed by atoms with E-state index in [0.29, 0.717) is 11.4 Å². The highest BCUT2D eigenvalue weighted by Gasteiger charge is 2.31. The summed E-state index contributed by atoms with van der Waals surface area (Å²) in [5.41, 5.74) is 3.01. The Morgan fingerprint density at radius 3 is 2.67 bits per heavy atom. The predicted octanol–water partition coefficient (Wildman–Crippen LogP) is 4.09. The van der Waals surface area contributed by atoms with Crippen LogP contribution in [0.2, 0.25) is 5.02 Å². The summed E-state index contributed by atoms with van der Waals surface area (Å²) in [6.45, 7) is 6.84. The molecule has 2 atom stereocenters. The Morgan fingerprint density at radius 2 is 2.02 bits per heavy atom. The van der Waals surface area contributed by atoms with Crippen molar-refractivity contribution >= 4 is 43.9 Å². The topological polar surface area (TPSA) is 150 Å². The van der Waals surface area contributed by atoms with Crippen LogP contribution in [0.25, 0.3) is 0 Å². The molecule has 2 fully saturated rings. The van der Waals surface area contributed by atoms with Gasteiger partial charge in [0.25, 0.3) is 0 Å². The van der Waals surface area contributed by atoms with E-state index in [9.17, 15) is 8.42 Å². The number of aryl methyl sites for hydroxylation is 1. The lowest BCUT2D eigenvalue weighted by Crippen LogP contribution is -2.40. The van der Waals surface area contributed by atoms with Gasteiger partial charge in [0.05, 0.1) is 35.0 Å². The summed E-state index contributed by atoms with van der Waals surface area (Å²) in [5, 5.41) is 19.4. The molecule has 2 aliphatic rings. The van der Waals surface area contributed by atoms with Crippen molar-refractivity contribution in [1.29, 1.82) is 5.41 Å². The maximum absolute atomic E-state index is 12.6. The third kappa shape index (κ3) is 6.85. The van der Waals surface area contributed by atoms with E-state index in [0.717, 1.165) is 37.9 Å². The average Bonchev–Trinajstić information content (AvgIpc) is 3.75. The molecule has 0 spiro atoms. The van der Waals surface area contributed by atoms with Crippen LogP contribution in [0, 0.1) is 12.3 Å². The van der Waals surface area contributed by atoms with Gasteiger partial charge in [0, 0.05) is 32.8 Å². The molecule has 5 N–H and O–H groups in total. The molecular formula is C27H38ClN7O4S. The Kier molecular flexibility index (Phi) is 9.55. The van der Waals surface area contributed by atoms with E-state index in [1.165, 1.54) is 31.8 Å². The molecule has 1 saturated heterocycles. The van der Waals surface area contributed by atoms with E-state index in [-0.39, 0.29) is 40.6 Å². The summed E-state index contributed by atoms with van der Waals surface area (Å²) in [7, 11) is -0.488. The molecule has 2 unspecified atom stereocenters. The first-order valence-corrected chi connectivity index (χ1v) is 15.3. The van der Waals surface area contributed by atoms with Crippen LogP contribution in [0.5, 0.6) is 5.75 Å². The van der Waals surface area contributed by atoms with Gasteiger partial charge in [-0.2, -0.15) is 4.98 Å². The Bertz CT molecular complexity index is 1380. The monoisotopic (exact) mass is 591 g/mol. The number of hydrogen-bond donors (Lipinski definition) is 5. The van der Waals surface area contributed by atoms with E-state index in [1.807, 2.05) is 6.07 Å². The van der Waals surface area contributed by atoms with Crippen LogP contribution in [0.3, 0.4) is 0 Å². The van der Waals surface area contributed by atoms with Crippen molar-refractivity contribution < 1.29 is 17.9 Å². The van der Waals surface area contributed by atoms with Crippen LogP contribution in [-0.2, 0) is 14.6 Å². The molecule has 1 aromatic carbocycles. The first kappa shape index (κ1) is 30.0. The van der Waals surface area contributed by atoms with Crippen LogP contribution >= 0.6 is 11.6 Å². The fourth-order valence-corrected chi connectivity index (χ4v) is 5.58. The van der Waals surface area contributed by atoms with E-state index >= 15 is 0 Å². The standard InChI is InChI=1S/C27H38ClN7O4S/c1-15(2)40(36,37)25(29)22(13-30-4)33-26-20(28)12-32-27(35-26)34-21-10-16(3)19(11-23(21)39-17-6-7-17)18-8-9-31-14-24(18)38-5/h10-13,15,17-18,24,29-31H,6-9,14H2,1-5H3,(H2,32,33,34,35)/b22-13+,29-25?. The quantitative estimate of drug-likeness (QED) is 0.191. The normalized spacial score (nSPS) is 19.8. The van der Waals surface area contributed by atoms with Crippen molar-refractivity contribution in [2.45, 2.75) is 63.4 Å². The zero-order valence-electron chi connectivity index (χ0n) is 23.5. The van der Waals surface area contributed by atoms with Crippen molar-refractivity contribution in [2.75, 3.05) is 37.9 Å².